The normalized spacial score (nSPS) is 12.3. The number of nitrogens with one attached hydrogen (secondary N) is 1. The summed E-state index contributed by atoms with van der Waals surface area (Å²) in [5.41, 5.74) is 1.24. The van der Waals surface area contributed by atoms with Gasteiger partial charge in [0.25, 0.3) is 0 Å². The van der Waals surface area contributed by atoms with E-state index < -0.39 is 6.10 Å². The van der Waals surface area contributed by atoms with E-state index in [9.17, 15) is 5.11 Å². The fraction of sp³-hybridized carbons (Fsp3) is 0.600. The first-order valence-corrected chi connectivity index (χ1v) is 6.84. The summed E-state index contributed by atoms with van der Waals surface area (Å²) in [7, 11) is 3.28. The van der Waals surface area contributed by atoms with Crippen LogP contribution in [0.25, 0.3) is 0 Å². The Morgan fingerprint density at radius 2 is 1.90 bits per heavy atom. The van der Waals surface area contributed by atoms with E-state index in [1.165, 1.54) is 5.56 Å². The summed E-state index contributed by atoms with van der Waals surface area (Å²) in [6.07, 6.45) is 0.434. The second kappa shape index (κ2) is 10.6. The smallest absolute Gasteiger partial charge is 0.118 e. The van der Waals surface area contributed by atoms with Gasteiger partial charge in [0.15, 0.2) is 0 Å². The van der Waals surface area contributed by atoms with Crippen molar-refractivity contribution in [2.24, 2.45) is 0 Å². The van der Waals surface area contributed by atoms with E-state index >= 15 is 0 Å². The van der Waals surface area contributed by atoms with Gasteiger partial charge in [0.1, 0.15) is 5.75 Å². The molecule has 2 N–H and O–H groups in total. The molecular weight excluding hydrogens is 258 g/mol. The van der Waals surface area contributed by atoms with Gasteiger partial charge in [0, 0.05) is 13.7 Å². The first kappa shape index (κ1) is 16.9. The molecule has 20 heavy (non-hydrogen) atoms. The van der Waals surface area contributed by atoms with E-state index in [2.05, 4.69) is 5.32 Å². The largest absolute Gasteiger partial charge is 0.497 e. The van der Waals surface area contributed by atoms with Crippen LogP contribution in [0.5, 0.6) is 5.75 Å². The summed E-state index contributed by atoms with van der Waals surface area (Å²) >= 11 is 0. The van der Waals surface area contributed by atoms with E-state index in [-0.39, 0.29) is 0 Å². The van der Waals surface area contributed by atoms with Gasteiger partial charge in [-0.1, -0.05) is 12.1 Å². The summed E-state index contributed by atoms with van der Waals surface area (Å²) in [5.74, 6) is 0.866. The molecule has 0 spiro atoms. The molecule has 0 aliphatic heterocycles. The van der Waals surface area contributed by atoms with Crippen LogP contribution in [-0.2, 0) is 15.9 Å². The lowest BCUT2D eigenvalue weighted by Gasteiger charge is -2.12. The number of benzene rings is 1. The average molecular weight is 283 g/mol. The Kier molecular flexibility index (Phi) is 8.98. The van der Waals surface area contributed by atoms with Crippen molar-refractivity contribution in [1.29, 1.82) is 0 Å². The van der Waals surface area contributed by atoms with Crippen LogP contribution in [0.15, 0.2) is 24.3 Å². The third kappa shape index (κ3) is 7.45. The molecule has 0 bridgehead atoms. The molecule has 0 saturated carbocycles. The maximum atomic E-state index is 9.67. The molecule has 0 aliphatic carbocycles. The number of methoxy groups -OCH3 is 2. The molecule has 114 valence electrons. The van der Waals surface area contributed by atoms with E-state index in [1.54, 1.807) is 14.2 Å². The fourth-order valence-electron chi connectivity index (χ4n) is 1.71. The molecule has 0 amide bonds. The Labute approximate surface area is 120 Å². The van der Waals surface area contributed by atoms with E-state index in [0.717, 1.165) is 18.7 Å². The zero-order valence-corrected chi connectivity index (χ0v) is 12.3. The van der Waals surface area contributed by atoms with Crippen molar-refractivity contribution in [1.82, 2.24) is 5.32 Å². The Bertz CT molecular complexity index is 342. The number of aliphatic hydroxyl groups is 1. The van der Waals surface area contributed by atoms with Gasteiger partial charge >= 0.3 is 0 Å². The highest BCUT2D eigenvalue weighted by atomic mass is 16.5. The van der Waals surface area contributed by atoms with Crippen LogP contribution in [0.4, 0.5) is 0 Å². The summed E-state index contributed by atoms with van der Waals surface area (Å²) in [6, 6.07) is 8.00. The Balaban J connectivity index is 2.05. The predicted octanol–water partition coefficient (Wildman–Crippen LogP) is 0.851. The van der Waals surface area contributed by atoms with E-state index in [0.29, 0.717) is 26.4 Å². The first-order valence-electron chi connectivity index (χ1n) is 6.84. The van der Waals surface area contributed by atoms with Crippen molar-refractivity contribution in [3.05, 3.63) is 29.8 Å². The Hall–Kier alpha value is -1.14. The van der Waals surface area contributed by atoms with Crippen LogP contribution in [-0.4, -0.2) is 58.3 Å². The second-order valence-corrected chi connectivity index (χ2v) is 4.52. The highest BCUT2D eigenvalue weighted by Crippen LogP contribution is 2.11. The highest BCUT2D eigenvalue weighted by Gasteiger charge is 2.03. The molecule has 0 fully saturated rings. The topological polar surface area (TPSA) is 60.0 Å². The first-order chi connectivity index (χ1) is 9.76. The van der Waals surface area contributed by atoms with Crippen molar-refractivity contribution in [2.75, 3.05) is 47.1 Å². The zero-order chi connectivity index (χ0) is 14.6. The molecule has 1 unspecified atom stereocenters. The number of aliphatic hydroxyl groups excluding tert-OH is 1. The van der Waals surface area contributed by atoms with Gasteiger partial charge in [0.05, 0.1) is 33.0 Å². The molecule has 1 aromatic rings. The van der Waals surface area contributed by atoms with Gasteiger partial charge < -0.3 is 24.6 Å². The van der Waals surface area contributed by atoms with Crippen LogP contribution in [0, 0.1) is 0 Å². The second-order valence-electron chi connectivity index (χ2n) is 4.52. The van der Waals surface area contributed by atoms with Crippen LogP contribution in [0.1, 0.15) is 5.56 Å². The average Bonchev–Trinajstić information content (AvgIpc) is 2.49. The lowest BCUT2D eigenvalue weighted by Crippen LogP contribution is -2.32. The molecule has 0 aliphatic rings. The molecule has 0 aromatic heterocycles. The fourth-order valence-corrected chi connectivity index (χ4v) is 1.71. The van der Waals surface area contributed by atoms with Gasteiger partial charge in [-0.3, -0.25) is 0 Å². The van der Waals surface area contributed by atoms with Gasteiger partial charge in [0.2, 0.25) is 0 Å². The molecule has 5 heteroatoms. The molecule has 1 aromatic carbocycles. The minimum absolute atomic E-state index is 0.332. The molecule has 0 heterocycles. The van der Waals surface area contributed by atoms with Crippen molar-refractivity contribution >= 4 is 0 Å². The van der Waals surface area contributed by atoms with Crippen molar-refractivity contribution in [2.45, 2.75) is 12.5 Å². The number of hydrogen-bond donors (Lipinski definition) is 2. The lowest BCUT2D eigenvalue weighted by atomic mass is 10.1. The SMILES string of the molecule is COCCOCC(O)CNCCc1ccc(OC)cc1. The van der Waals surface area contributed by atoms with Crippen molar-refractivity contribution in [3.63, 3.8) is 0 Å². The van der Waals surface area contributed by atoms with Crippen LogP contribution < -0.4 is 10.1 Å². The summed E-state index contributed by atoms with van der Waals surface area (Å²) in [6.45, 7) is 2.75. The summed E-state index contributed by atoms with van der Waals surface area (Å²) in [5, 5.41) is 12.9. The predicted molar refractivity (Wildman–Crippen MR) is 78.3 cm³/mol. The number of ether oxygens (including phenoxy) is 3. The van der Waals surface area contributed by atoms with Crippen LogP contribution in [0.2, 0.25) is 0 Å². The maximum absolute atomic E-state index is 9.67. The zero-order valence-electron chi connectivity index (χ0n) is 12.3. The minimum Gasteiger partial charge on any atom is -0.497 e. The standard InChI is InChI=1S/C15H25NO4/c1-18-9-10-20-12-14(17)11-16-8-7-13-3-5-15(19-2)6-4-13/h3-6,14,16-17H,7-12H2,1-2H3. The van der Waals surface area contributed by atoms with Crippen LogP contribution in [0.3, 0.4) is 0 Å². The van der Waals surface area contributed by atoms with Crippen molar-refractivity contribution in [3.8, 4) is 5.75 Å². The van der Waals surface area contributed by atoms with Gasteiger partial charge in [-0.05, 0) is 30.7 Å². The molecule has 1 rings (SSSR count). The third-order valence-electron chi connectivity index (χ3n) is 2.87. The Morgan fingerprint density at radius 1 is 1.15 bits per heavy atom. The number of rotatable bonds is 11. The summed E-state index contributed by atoms with van der Waals surface area (Å²) in [4.78, 5) is 0. The lowest BCUT2D eigenvalue weighted by molar-refractivity contribution is 0.0139. The van der Waals surface area contributed by atoms with Gasteiger partial charge in [-0.15, -0.1) is 0 Å². The molecular formula is C15H25NO4. The quantitative estimate of drug-likeness (QED) is 0.590. The minimum atomic E-state index is -0.484. The van der Waals surface area contributed by atoms with Gasteiger partial charge in [-0.25, -0.2) is 0 Å². The summed E-state index contributed by atoms with van der Waals surface area (Å²) < 4.78 is 15.2. The molecule has 0 radical (unpaired) electrons. The molecule has 1 atom stereocenters. The molecule has 5 nitrogen and oxygen atoms in total. The maximum Gasteiger partial charge on any atom is 0.118 e. The van der Waals surface area contributed by atoms with Gasteiger partial charge in [-0.2, -0.15) is 0 Å². The van der Waals surface area contributed by atoms with Crippen LogP contribution >= 0.6 is 0 Å². The highest BCUT2D eigenvalue weighted by molar-refractivity contribution is 5.27. The van der Waals surface area contributed by atoms with E-state index in [4.69, 9.17) is 14.2 Å². The monoisotopic (exact) mass is 283 g/mol. The number of hydrogen-bond acceptors (Lipinski definition) is 5. The van der Waals surface area contributed by atoms with E-state index in [1.807, 2.05) is 24.3 Å². The van der Waals surface area contributed by atoms with Crippen molar-refractivity contribution < 1.29 is 19.3 Å². The third-order valence-corrected chi connectivity index (χ3v) is 2.87. The molecule has 0 saturated heterocycles. The Morgan fingerprint density at radius 3 is 2.55 bits per heavy atom.